The van der Waals surface area contributed by atoms with Gasteiger partial charge in [0.25, 0.3) is 11.8 Å². The maximum Gasteiger partial charge on any atom is 0.253 e. The van der Waals surface area contributed by atoms with E-state index in [0.717, 1.165) is 17.9 Å². The Bertz CT molecular complexity index is 852. The molecule has 2 saturated heterocycles. The summed E-state index contributed by atoms with van der Waals surface area (Å²) >= 11 is 1.53. The largest absolute Gasteiger partial charge is 0.387 e. The molecule has 0 spiro atoms. The first-order chi connectivity index (χ1) is 15.9. The first-order valence-electron chi connectivity index (χ1n) is 11.1. The lowest BCUT2D eigenvalue weighted by Crippen LogP contribution is -2.55. The van der Waals surface area contributed by atoms with Crippen LogP contribution < -0.4 is 5.73 Å². The van der Waals surface area contributed by atoms with Crippen molar-refractivity contribution in [3.8, 4) is 0 Å². The van der Waals surface area contributed by atoms with Gasteiger partial charge in [0.15, 0.2) is 17.7 Å². The zero-order valence-corrected chi connectivity index (χ0v) is 19.3. The maximum atomic E-state index is 11.5. The summed E-state index contributed by atoms with van der Waals surface area (Å²) in [4.78, 5) is 43.3. The molecule has 1 unspecified atom stereocenters. The second-order valence-corrected chi connectivity index (χ2v) is 9.38. The molecule has 4 rings (SSSR count). The molecule has 4 aliphatic rings. The number of carbonyl (C=O) groups is 2. The van der Waals surface area contributed by atoms with E-state index in [0.29, 0.717) is 30.1 Å². The van der Waals surface area contributed by atoms with E-state index in [9.17, 15) is 19.8 Å². The Labute approximate surface area is 195 Å². The van der Waals surface area contributed by atoms with E-state index in [1.54, 1.807) is 4.90 Å². The van der Waals surface area contributed by atoms with Gasteiger partial charge in [0, 0.05) is 18.6 Å². The number of amidine groups is 1. The summed E-state index contributed by atoms with van der Waals surface area (Å²) in [7, 11) is 0. The van der Waals surface area contributed by atoms with Crippen LogP contribution in [0.1, 0.15) is 38.5 Å². The first-order valence-corrected chi connectivity index (χ1v) is 12.5. The van der Waals surface area contributed by atoms with Crippen molar-refractivity contribution in [2.75, 3.05) is 25.3 Å². The minimum atomic E-state index is -1.08. The SMILES string of the molecule is CSC[C@H]1O[C@@H](N2CN=C3C2=NC=NC3(N)CCCCCON2C(=O)CCC2=O)[C@H](O)[C@@H]1O. The van der Waals surface area contributed by atoms with Crippen LogP contribution in [0.15, 0.2) is 15.0 Å². The van der Waals surface area contributed by atoms with Gasteiger partial charge in [0.2, 0.25) is 0 Å². The van der Waals surface area contributed by atoms with Gasteiger partial charge in [-0.1, -0.05) is 6.42 Å². The Balaban J connectivity index is 1.27. The van der Waals surface area contributed by atoms with E-state index in [1.807, 2.05) is 6.26 Å². The van der Waals surface area contributed by atoms with Gasteiger partial charge >= 0.3 is 0 Å². The van der Waals surface area contributed by atoms with Crippen LogP contribution in [0.4, 0.5) is 0 Å². The third-order valence-corrected chi connectivity index (χ3v) is 6.81. The lowest BCUT2D eigenvalue weighted by Gasteiger charge is -2.32. The second-order valence-electron chi connectivity index (χ2n) is 8.47. The number of imide groups is 1. The zero-order valence-electron chi connectivity index (χ0n) is 18.5. The molecule has 13 heteroatoms. The Morgan fingerprint density at radius 3 is 2.73 bits per heavy atom. The van der Waals surface area contributed by atoms with E-state index >= 15 is 0 Å². The fourth-order valence-electron chi connectivity index (χ4n) is 4.34. The summed E-state index contributed by atoms with van der Waals surface area (Å²) in [6.45, 7) is 0.485. The molecule has 0 aliphatic carbocycles. The highest BCUT2D eigenvalue weighted by atomic mass is 32.2. The molecule has 182 valence electrons. The van der Waals surface area contributed by atoms with E-state index in [-0.39, 0.29) is 37.9 Å². The molecule has 0 aromatic heterocycles. The van der Waals surface area contributed by atoms with Crippen molar-refractivity contribution in [1.29, 1.82) is 0 Å². The number of hydrogen-bond donors (Lipinski definition) is 3. The minimum Gasteiger partial charge on any atom is -0.387 e. The number of aliphatic imine (C=N–C) groups is 3. The minimum absolute atomic E-state index is 0.204. The number of carbonyl (C=O) groups excluding carboxylic acids is 2. The highest BCUT2D eigenvalue weighted by Gasteiger charge is 2.50. The third kappa shape index (κ3) is 4.84. The van der Waals surface area contributed by atoms with Crippen LogP contribution in [0.25, 0.3) is 0 Å². The number of hydroxylamine groups is 2. The van der Waals surface area contributed by atoms with Crippen molar-refractivity contribution in [3.63, 3.8) is 0 Å². The number of nitrogens with zero attached hydrogens (tertiary/aromatic N) is 5. The lowest BCUT2D eigenvalue weighted by atomic mass is 9.96. The number of aliphatic hydroxyl groups excluding tert-OH is 2. The van der Waals surface area contributed by atoms with Crippen LogP contribution >= 0.6 is 11.8 Å². The van der Waals surface area contributed by atoms with Crippen LogP contribution in [0, 0.1) is 0 Å². The highest BCUT2D eigenvalue weighted by Crippen LogP contribution is 2.31. The van der Waals surface area contributed by atoms with Crippen LogP contribution in [-0.2, 0) is 19.2 Å². The van der Waals surface area contributed by atoms with Crippen LogP contribution in [0.3, 0.4) is 0 Å². The summed E-state index contributed by atoms with van der Waals surface area (Å²) in [6, 6.07) is 0. The molecule has 4 N–H and O–H groups in total. The van der Waals surface area contributed by atoms with Crippen LogP contribution in [0.2, 0.25) is 0 Å². The number of thioether (sulfide) groups is 1. The molecule has 0 radical (unpaired) electrons. The fourth-order valence-corrected chi connectivity index (χ4v) is 4.94. The normalized spacial score (nSPS) is 33.7. The lowest BCUT2D eigenvalue weighted by molar-refractivity contribution is -0.187. The third-order valence-electron chi connectivity index (χ3n) is 6.15. The Kier molecular flexibility index (Phi) is 7.46. The summed E-state index contributed by atoms with van der Waals surface area (Å²) in [5.74, 6) is 0.478. The number of fused-ring (bicyclic) bond motifs is 1. The number of hydrogen-bond acceptors (Lipinski definition) is 12. The molecule has 0 saturated carbocycles. The highest BCUT2D eigenvalue weighted by molar-refractivity contribution is 7.98. The molecule has 0 aromatic carbocycles. The van der Waals surface area contributed by atoms with Crippen molar-refractivity contribution in [1.82, 2.24) is 9.96 Å². The monoisotopic (exact) mass is 482 g/mol. The number of rotatable bonds is 10. The molecule has 0 bridgehead atoms. The molecule has 2 amide bonds. The maximum absolute atomic E-state index is 11.5. The molecule has 4 heterocycles. The summed E-state index contributed by atoms with van der Waals surface area (Å²) < 4.78 is 5.91. The number of amides is 2. The van der Waals surface area contributed by atoms with E-state index in [2.05, 4.69) is 15.0 Å². The summed E-state index contributed by atoms with van der Waals surface area (Å²) in [5.41, 5.74) is 6.06. The summed E-state index contributed by atoms with van der Waals surface area (Å²) in [6.07, 6.45) is 3.08. The summed E-state index contributed by atoms with van der Waals surface area (Å²) in [5, 5.41) is 21.7. The predicted octanol–water partition coefficient (Wildman–Crippen LogP) is -0.753. The zero-order chi connectivity index (χ0) is 23.6. The van der Waals surface area contributed by atoms with E-state index in [1.165, 1.54) is 18.1 Å². The van der Waals surface area contributed by atoms with Gasteiger partial charge in [-0.25, -0.2) is 9.98 Å². The second kappa shape index (κ2) is 10.2. The van der Waals surface area contributed by atoms with Crippen LogP contribution in [0.5, 0.6) is 0 Å². The average molecular weight is 483 g/mol. The van der Waals surface area contributed by atoms with Crippen molar-refractivity contribution < 1.29 is 29.4 Å². The standard InChI is InChI=1S/C20H30N6O6S/c1-33-9-12-15(29)16(30)19(32-12)25-11-23-17-18(25)22-10-24-20(17,21)7-3-2-4-8-31-26-13(27)5-6-14(26)28/h10,12,15-16,19,29-30H,2-9,11,21H2,1H3/t12-,15-,16-,19-,20?/m1/s1. The topological polar surface area (TPSA) is 163 Å². The van der Waals surface area contributed by atoms with Crippen molar-refractivity contribution in [3.05, 3.63) is 0 Å². The number of nitrogens with two attached hydrogens (primary N) is 1. The van der Waals surface area contributed by atoms with E-state index < -0.39 is 30.2 Å². The van der Waals surface area contributed by atoms with Gasteiger partial charge in [-0.2, -0.15) is 16.8 Å². The molecule has 4 aliphatic heterocycles. The number of unbranched alkanes of at least 4 members (excludes halogenated alkanes) is 2. The molecular weight excluding hydrogens is 452 g/mol. The molecule has 12 nitrogen and oxygen atoms in total. The smallest absolute Gasteiger partial charge is 0.253 e. The fraction of sp³-hybridized carbons (Fsp3) is 0.750. The molecule has 5 atom stereocenters. The van der Waals surface area contributed by atoms with Gasteiger partial charge < -0.3 is 25.6 Å². The van der Waals surface area contributed by atoms with Gasteiger partial charge in [-0.05, 0) is 25.5 Å². The Hall–Kier alpha value is -1.90. The number of aliphatic hydroxyl groups is 2. The Morgan fingerprint density at radius 2 is 2.00 bits per heavy atom. The van der Waals surface area contributed by atoms with Crippen molar-refractivity contribution in [2.24, 2.45) is 20.7 Å². The Morgan fingerprint density at radius 1 is 1.24 bits per heavy atom. The van der Waals surface area contributed by atoms with Gasteiger partial charge in [0.05, 0.1) is 12.7 Å². The van der Waals surface area contributed by atoms with E-state index in [4.69, 9.17) is 15.3 Å². The van der Waals surface area contributed by atoms with Gasteiger partial charge in [0.1, 0.15) is 30.9 Å². The van der Waals surface area contributed by atoms with Crippen molar-refractivity contribution >= 4 is 41.5 Å². The van der Waals surface area contributed by atoms with Crippen molar-refractivity contribution in [2.45, 2.75) is 68.7 Å². The quantitative estimate of drug-likeness (QED) is 0.268. The predicted molar refractivity (Wildman–Crippen MR) is 122 cm³/mol. The first kappa shape index (κ1) is 24.2. The molecule has 2 fully saturated rings. The van der Waals surface area contributed by atoms with Gasteiger partial charge in [-0.3, -0.25) is 19.4 Å². The average Bonchev–Trinajstić information content (AvgIpc) is 3.44. The van der Waals surface area contributed by atoms with Crippen LogP contribution in [-0.4, -0.2) is 105 Å². The van der Waals surface area contributed by atoms with Gasteiger partial charge in [-0.15, -0.1) is 0 Å². The molecular formula is C20H30N6O6S. The molecule has 0 aromatic rings. The number of ether oxygens (including phenoxy) is 1. The molecule has 33 heavy (non-hydrogen) atoms.